The first kappa shape index (κ1) is 8.57. The zero-order valence-electron chi connectivity index (χ0n) is 7.61. The van der Waals surface area contributed by atoms with Gasteiger partial charge in [-0.2, -0.15) is 0 Å². The number of carbonyl (C=O) groups excluding carboxylic acids is 1. The van der Waals surface area contributed by atoms with Crippen LogP contribution >= 0.6 is 0 Å². The summed E-state index contributed by atoms with van der Waals surface area (Å²) < 4.78 is 0. The van der Waals surface area contributed by atoms with E-state index < -0.39 is 0 Å². The Kier molecular flexibility index (Phi) is 2.53. The standard InChI is InChI=1S/C9H15BO/c1-4-8-6(2)5-7(3)10-9(8)11/h7,10H,4-5H2,1-3H3. The number of rotatable bonds is 1. The summed E-state index contributed by atoms with van der Waals surface area (Å²) in [6, 6.07) is 0. The topological polar surface area (TPSA) is 17.1 Å². The SMILES string of the molecule is CCC1=C(C)CC(C)BC1=O. The predicted molar refractivity (Wildman–Crippen MR) is 49.2 cm³/mol. The van der Waals surface area contributed by atoms with Gasteiger partial charge in [0.15, 0.2) is 0 Å². The molecule has 0 fully saturated rings. The highest BCUT2D eigenvalue weighted by Gasteiger charge is 2.22. The smallest absolute Gasteiger partial charge is 0.214 e. The Labute approximate surface area is 69.1 Å². The highest BCUT2D eigenvalue weighted by Crippen LogP contribution is 2.26. The van der Waals surface area contributed by atoms with Crippen LogP contribution in [-0.4, -0.2) is 13.0 Å². The van der Waals surface area contributed by atoms with Gasteiger partial charge in [0.2, 0.25) is 7.28 Å². The Morgan fingerprint density at radius 2 is 2.27 bits per heavy atom. The van der Waals surface area contributed by atoms with E-state index in [9.17, 15) is 4.79 Å². The van der Waals surface area contributed by atoms with E-state index in [1.165, 1.54) is 5.57 Å². The summed E-state index contributed by atoms with van der Waals surface area (Å²) >= 11 is 0. The highest BCUT2D eigenvalue weighted by molar-refractivity contribution is 6.78. The third-order valence-corrected chi connectivity index (χ3v) is 2.39. The third-order valence-electron chi connectivity index (χ3n) is 2.39. The van der Waals surface area contributed by atoms with Crippen LogP contribution < -0.4 is 0 Å². The quantitative estimate of drug-likeness (QED) is 0.521. The minimum atomic E-state index is 0.378. The number of hydrogen-bond acceptors (Lipinski definition) is 1. The monoisotopic (exact) mass is 150 g/mol. The van der Waals surface area contributed by atoms with E-state index in [1.54, 1.807) is 0 Å². The van der Waals surface area contributed by atoms with Crippen LogP contribution in [0.2, 0.25) is 5.82 Å². The van der Waals surface area contributed by atoms with Crippen molar-refractivity contribution in [3.05, 3.63) is 11.1 Å². The van der Waals surface area contributed by atoms with Crippen molar-refractivity contribution in [2.45, 2.75) is 39.4 Å². The van der Waals surface area contributed by atoms with Crippen molar-refractivity contribution in [3.8, 4) is 0 Å². The molecule has 0 N–H and O–H groups in total. The van der Waals surface area contributed by atoms with Gasteiger partial charge in [0.05, 0.1) is 0 Å². The molecule has 0 aromatic rings. The molecule has 60 valence electrons. The highest BCUT2D eigenvalue weighted by atomic mass is 16.1. The maximum absolute atomic E-state index is 11.4. The average Bonchev–Trinajstić information content (AvgIpc) is 1.85. The number of carbonyl (C=O) groups is 1. The van der Waals surface area contributed by atoms with Crippen LogP contribution in [0.3, 0.4) is 0 Å². The van der Waals surface area contributed by atoms with Gasteiger partial charge in [-0.1, -0.05) is 25.2 Å². The van der Waals surface area contributed by atoms with Crippen LogP contribution in [-0.2, 0) is 4.79 Å². The Morgan fingerprint density at radius 1 is 1.64 bits per heavy atom. The van der Waals surface area contributed by atoms with E-state index in [1.807, 2.05) is 0 Å². The largest absolute Gasteiger partial charge is 0.307 e. The molecule has 0 bridgehead atoms. The summed E-state index contributed by atoms with van der Waals surface area (Å²) in [6.45, 7) is 6.30. The van der Waals surface area contributed by atoms with Crippen molar-refractivity contribution in [1.82, 2.24) is 0 Å². The molecule has 0 aliphatic carbocycles. The molecule has 0 saturated heterocycles. The molecular formula is C9H15BO. The van der Waals surface area contributed by atoms with Crippen molar-refractivity contribution >= 4 is 13.0 Å². The molecule has 0 spiro atoms. The van der Waals surface area contributed by atoms with Crippen LogP contribution in [0.1, 0.15) is 33.6 Å². The lowest BCUT2D eigenvalue weighted by Gasteiger charge is -2.19. The maximum atomic E-state index is 11.4. The van der Waals surface area contributed by atoms with Crippen LogP contribution in [0.5, 0.6) is 0 Å². The van der Waals surface area contributed by atoms with Crippen LogP contribution in [0.4, 0.5) is 0 Å². The summed E-state index contributed by atoms with van der Waals surface area (Å²) in [5.74, 6) is 0.567. The van der Waals surface area contributed by atoms with Gasteiger partial charge in [-0.25, -0.2) is 0 Å². The van der Waals surface area contributed by atoms with Crippen LogP contribution in [0.25, 0.3) is 0 Å². The van der Waals surface area contributed by atoms with Gasteiger partial charge in [-0.05, 0) is 25.3 Å². The number of allylic oxidation sites excluding steroid dienone is 2. The van der Waals surface area contributed by atoms with E-state index in [0.29, 0.717) is 11.5 Å². The normalized spacial score (nSPS) is 25.4. The Bertz CT molecular complexity index is 206. The number of hydrogen-bond donors (Lipinski definition) is 0. The summed E-state index contributed by atoms with van der Waals surface area (Å²) in [7, 11) is 0.764. The third kappa shape index (κ3) is 1.73. The molecule has 1 rings (SSSR count). The maximum Gasteiger partial charge on any atom is 0.214 e. The van der Waals surface area contributed by atoms with Crippen molar-refractivity contribution in [3.63, 3.8) is 0 Å². The predicted octanol–water partition coefficient (Wildman–Crippen LogP) is 1.89. The molecule has 1 aliphatic heterocycles. The molecule has 1 atom stereocenters. The molecule has 1 nitrogen and oxygen atoms in total. The minimum Gasteiger partial charge on any atom is -0.307 e. The summed E-state index contributed by atoms with van der Waals surface area (Å²) in [4.78, 5) is 11.4. The lowest BCUT2D eigenvalue weighted by atomic mass is 9.54. The molecule has 11 heavy (non-hydrogen) atoms. The zero-order chi connectivity index (χ0) is 8.43. The first-order valence-electron chi connectivity index (χ1n) is 4.37. The van der Waals surface area contributed by atoms with Gasteiger partial charge in [0.1, 0.15) is 5.68 Å². The Balaban J connectivity index is 2.86. The van der Waals surface area contributed by atoms with Gasteiger partial charge < -0.3 is 4.79 Å². The van der Waals surface area contributed by atoms with Crippen LogP contribution in [0, 0.1) is 0 Å². The summed E-state index contributed by atoms with van der Waals surface area (Å²) in [5.41, 5.74) is 2.78. The lowest BCUT2D eigenvalue weighted by molar-refractivity contribution is -0.109. The van der Waals surface area contributed by atoms with Gasteiger partial charge >= 0.3 is 0 Å². The van der Waals surface area contributed by atoms with Gasteiger partial charge in [-0.15, -0.1) is 0 Å². The van der Waals surface area contributed by atoms with Crippen molar-refractivity contribution in [1.29, 1.82) is 0 Å². The average molecular weight is 150 g/mol. The summed E-state index contributed by atoms with van der Waals surface area (Å²) in [5, 5.41) is 0. The second-order valence-corrected chi connectivity index (χ2v) is 3.55. The molecule has 0 saturated carbocycles. The molecule has 0 amide bonds. The first-order valence-corrected chi connectivity index (χ1v) is 4.37. The van der Waals surface area contributed by atoms with Crippen molar-refractivity contribution in [2.75, 3.05) is 0 Å². The summed E-state index contributed by atoms with van der Waals surface area (Å²) in [6.07, 6.45) is 2.03. The minimum absolute atomic E-state index is 0.378. The fourth-order valence-electron chi connectivity index (χ4n) is 1.89. The molecule has 1 heterocycles. The van der Waals surface area contributed by atoms with Gasteiger partial charge in [0.25, 0.3) is 0 Å². The van der Waals surface area contributed by atoms with E-state index in [0.717, 1.165) is 25.7 Å². The second kappa shape index (κ2) is 3.25. The molecule has 0 aromatic heterocycles. The lowest BCUT2D eigenvalue weighted by Crippen LogP contribution is -2.22. The molecule has 0 aromatic carbocycles. The molecular weight excluding hydrogens is 135 g/mol. The van der Waals surface area contributed by atoms with Gasteiger partial charge in [0, 0.05) is 0 Å². The second-order valence-electron chi connectivity index (χ2n) is 3.55. The molecule has 1 unspecified atom stereocenters. The first-order chi connectivity index (χ1) is 5.15. The molecule has 1 aliphatic rings. The van der Waals surface area contributed by atoms with E-state index >= 15 is 0 Å². The van der Waals surface area contributed by atoms with Crippen LogP contribution in [0.15, 0.2) is 11.1 Å². The Morgan fingerprint density at radius 3 is 2.73 bits per heavy atom. The van der Waals surface area contributed by atoms with E-state index in [-0.39, 0.29) is 0 Å². The van der Waals surface area contributed by atoms with Crippen molar-refractivity contribution < 1.29 is 4.79 Å². The van der Waals surface area contributed by atoms with E-state index in [2.05, 4.69) is 20.8 Å². The fourth-order valence-corrected chi connectivity index (χ4v) is 1.89. The van der Waals surface area contributed by atoms with Crippen molar-refractivity contribution in [2.24, 2.45) is 0 Å². The van der Waals surface area contributed by atoms with E-state index in [4.69, 9.17) is 0 Å². The fraction of sp³-hybridized carbons (Fsp3) is 0.667. The zero-order valence-corrected chi connectivity index (χ0v) is 7.61. The Hall–Kier alpha value is -0.525. The van der Waals surface area contributed by atoms with Gasteiger partial charge in [-0.3, -0.25) is 0 Å². The molecule has 0 radical (unpaired) electrons. The molecule has 2 heteroatoms.